The minimum atomic E-state index is -0.800. The number of phenols is 1. The summed E-state index contributed by atoms with van der Waals surface area (Å²) < 4.78 is 0. The number of amides is 2. The average Bonchev–Trinajstić information content (AvgIpc) is 3.42. The van der Waals surface area contributed by atoms with Gasteiger partial charge in [0.2, 0.25) is 5.56 Å². The van der Waals surface area contributed by atoms with Gasteiger partial charge in [0.25, 0.3) is 0 Å². The number of carbonyl (C=O) groups is 1. The molecule has 6 N–H and O–H groups in total. The third-order valence-corrected chi connectivity index (χ3v) is 8.66. The van der Waals surface area contributed by atoms with Gasteiger partial charge < -0.3 is 31.1 Å². The minimum absolute atomic E-state index is 0.0269. The van der Waals surface area contributed by atoms with Gasteiger partial charge in [0.1, 0.15) is 5.75 Å². The number of aromatic amines is 1. The summed E-state index contributed by atoms with van der Waals surface area (Å²) in [6.07, 6.45) is 6.28. The molecule has 3 aliphatic carbocycles. The van der Waals surface area contributed by atoms with E-state index in [9.17, 15) is 19.8 Å². The Kier molecular flexibility index (Phi) is 6.16. The molecule has 0 aliphatic heterocycles. The minimum Gasteiger partial charge on any atom is -0.506 e. The van der Waals surface area contributed by atoms with Crippen LogP contribution in [-0.2, 0) is 6.42 Å². The van der Waals surface area contributed by atoms with E-state index in [1.807, 2.05) is 24.3 Å². The number of aliphatic hydroxyl groups excluding tert-OH is 1. The van der Waals surface area contributed by atoms with Crippen LogP contribution in [0.4, 0.5) is 10.5 Å². The molecule has 1 aromatic heterocycles. The molecule has 0 saturated heterocycles. The Balaban J connectivity index is 0.987. The normalized spacial score (nSPS) is 26.5. The van der Waals surface area contributed by atoms with Crippen molar-refractivity contribution in [3.05, 3.63) is 70.0 Å². The van der Waals surface area contributed by atoms with Crippen molar-refractivity contribution in [2.24, 2.45) is 17.3 Å². The topological polar surface area (TPSA) is 126 Å². The number of carbonyl (C=O) groups excluding carboxylic acids is 1. The Morgan fingerprint density at radius 3 is 2.86 bits per heavy atom. The van der Waals surface area contributed by atoms with Crippen molar-refractivity contribution >= 4 is 22.6 Å². The smallest absolute Gasteiger partial charge is 0.319 e. The molecule has 3 fully saturated rings. The monoisotopic (exact) mass is 502 g/mol. The fraction of sp³-hybridized carbons (Fsp3) is 0.448. The van der Waals surface area contributed by atoms with Crippen LogP contribution in [0.3, 0.4) is 0 Å². The highest BCUT2D eigenvalue weighted by atomic mass is 16.3. The van der Waals surface area contributed by atoms with E-state index >= 15 is 0 Å². The molecule has 6 rings (SSSR count). The number of H-pyrrole nitrogens is 1. The molecule has 8 heteroatoms. The Labute approximate surface area is 215 Å². The lowest BCUT2D eigenvalue weighted by Crippen LogP contribution is -2.42. The van der Waals surface area contributed by atoms with Gasteiger partial charge in [-0.15, -0.1) is 0 Å². The van der Waals surface area contributed by atoms with Gasteiger partial charge in [-0.3, -0.25) is 4.79 Å². The van der Waals surface area contributed by atoms with Crippen molar-refractivity contribution in [3.8, 4) is 5.75 Å². The van der Waals surface area contributed by atoms with E-state index in [0.717, 1.165) is 42.3 Å². The lowest BCUT2D eigenvalue weighted by molar-refractivity contribution is 0.176. The molecule has 3 saturated carbocycles. The fourth-order valence-corrected chi connectivity index (χ4v) is 6.96. The zero-order valence-corrected chi connectivity index (χ0v) is 20.8. The molecule has 0 radical (unpaired) electrons. The zero-order valence-electron chi connectivity index (χ0n) is 20.8. The van der Waals surface area contributed by atoms with E-state index < -0.39 is 6.10 Å². The molecule has 1 heterocycles. The number of aromatic nitrogens is 1. The van der Waals surface area contributed by atoms with Crippen molar-refractivity contribution < 1.29 is 15.0 Å². The summed E-state index contributed by atoms with van der Waals surface area (Å²) in [5.41, 5.74) is 3.07. The lowest BCUT2D eigenvalue weighted by atomic mass is 9.80. The van der Waals surface area contributed by atoms with Crippen molar-refractivity contribution in [1.82, 2.24) is 15.6 Å². The number of nitrogens with one attached hydrogen (secondary N) is 4. The standard InChI is InChI=1S/C29H34N4O4/c34-24-6-4-22(23-5-7-26(36)33-27(23)24)25(35)16-30-9-8-17-2-1-3-20(11-17)31-28(37)32-21-12-18-10-19-14-29(19,13-18)15-21/h1-7,11,18-19,21,25,30,34-35H,8-10,12-16H2,(H,33,36)(H2,31,32,37). The van der Waals surface area contributed by atoms with E-state index in [0.29, 0.717) is 35.0 Å². The molecule has 2 aromatic carbocycles. The zero-order chi connectivity index (χ0) is 25.6. The first-order valence-corrected chi connectivity index (χ1v) is 13.3. The number of aliphatic hydroxyl groups is 1. The van der Waals surface area contributed by atoms with Crippen LogP contribution < -0.4 is 21.5 Å². The first-order chi connectivity index (χ1) is 17.9. The van der Waals surface area contributed by atoms with Gasteiger partial charge in [0, 0.05) is 29.7 Å². The number of benzene rings is 2. The number of pyridine rings is 1. The van der Waals surface area contributed by atoms with Crippen molar-refractivity contribution in [2.75, 3.05) is 18.4 Å². The quantitative estimate of drug-likeness (QED) is 0.261. The van der Waals surface area contributed by atoms with Gasteiger partial charge in [0.05, 0.1) is 11.6 Å². The van der Waals surface area contributed by atoms with Crippen LogP contribution in [0.15, 0.2) is 53.3 Å². The van der Waals surface area contributed by atoms with Crippen LogP contribution in [0, 0.1) is 17.3 Å². The predicted octanol–water partition coefficient (Wildman–Crippen LogP) is 3.80. The van der Waals surface area contributed by atoms with Crippen LogP contribution in [0.5, 0.6) is 5.75 Å². The maximum absolute atomic E-state index is 12.6. The molecule has 1 spiro atoms. The largest absolute Gasteiger partial charge is 0.506 e. The predicted molar refractivity (Wildman–Crippen MR) is 143 cm³/mol. The summed E-state index contributed by atoms with van der Waals surface area (Å²) in [5.74, 6) is 1.69. The van der Waals surface area contributed by atoms with E-state index in [1.165, 1.54) is 31.4 Å². The number of hydrogen-bond donors (Lipinski definition) is 6. The van der Waals surface area contributed by atoms with Crippen molar-refractivity contribution in [2.45, 2.75) is 50.7 Å². The van der Waals surface area contributed by atoms with Gasteiger partial charge in [-0.2, -0.15) is 0 Å². The van der Waals surface area contributed by atoms with Crippen LogP contribution in [0.1, 0.15) is 49.3 Å². The molecule has 37 heavy (non-hydrogen) atoms. The summed E-state index contributed by atoms with van der Waals surface area (Å²) in [4.78, 5) is 26.9. The van der Waals surface area contributed by atoms with E-state index in [4.69, 9.17) is 0 Å². The number of fused-ring (bicyclic) bond motifs is 2. The number of urea groups is 1. The summed E-state index contributed by atoms with van der Waals surface area (Å²) >= 11 is 0. The lowest BCUT2D eigenvalue weighted by Gasteiger charge is -2.31. The molecular weight excluding hydrogens is 468 g/mol. The third-order valence-electron chi connectivity index (χ3n) is 8.66. The van der Waals surface area contributed by atoms with Gasteiger partial charge >= 0.3 is 6.03 Å². The summed E-state index contributed by atoms with van der Waals surface area (Å²) in [6, 6.07) is 14.2. The molecule has 5 unspecified atom stereocenters. The molecular formula is C29H34N4O4. The van der Waals surface area contributed by atoms with E-state index in [2.05, 4.69) is 20.9 Å². The van der Waals surface area contributed by atoms with Crippen molar-refractivity contribution in [3.63, 3.8) is 0 Å². The summed E-state index contributed by atoms with van der Waals surface area (Å²) in [7, 11) is 0. The highest BCUT2D eigenvalue weighted by Crippen LogP contribution is 2.70. The second-order valence-corrected chi connectivity index (χ2v) is 11.3. The Morgan fingerprint density at radius 2 is 2.00 bits per heavy atom. The number of aromatic hydroxyl groups is 1. The maximum atomic E-state index is 12.6. The van der Waals surface area contributed by atoms with E-state index in [1.54, 1.807) is 12.1 Å². The van der Waals surface area contributed by atoms with E-state index in [-0.39, 0.29) is 23.4 Å². The number of hydrogen-bond acceptors (Lipinski definition) is 5. The molecule has 3 aromatic rings. The van der Waals surface area contributed by atoms with Gasteiger partial charge in [-0.25, -0.2) is 4.79 Å². The Bertz CT molecular complexity index is 1390. The Morgan fingerprint density at radius 1 is 1.11 bits per heavy atom. The number of rotatable bonds is 8. The fourth-order valence-electron chi connectivity index (χ4n) is 6.96. The number of phenolic OH excluding ortho intramolecular Hbond substituents is 1. The second kappa shape index (κ2) is 9.50. The average molecular weight is 503 g/mol. The first-order valence-electron chi connectivity index (χ1n) is 13.3. The molecule has 2 bridgehead atoms. The highest BCUT2D eigenvalue weighted by molar-refractivity contribution is 5.89. The van der Waals surface area contributed by atoms with Crippen LogP contribution >= 0.6 is 0 Å². The molecule has 8 nitrogen and oxygen atoms in total. The molecule has 5 atom stereocenters. The third kappa shape index (κ3) is 4.95. The highest BCUT2D eigenvalue weighted by Gasteiger charge is 2.62. The van der Waals surface area contributed by atoms with Crippen LogP contribution in [-0.4, -0.2) is 40.4 Å². The SMILES string of the molecule is O=C(Nc1cccc(CCNCC(O)c2ccc(O)c3[nH]c(=O)ccc23)c1)NC1CC2CC3CC3(C2)C1. The van der Waals surface area contributed by atoms with Crippen molar-refractivity contribution in [1.29, 1.82) is 0 Å². The van der Waals surface area contributed by atoms with Crippen LogP contribution in [0.25, 0.3) is 10.9 Å². The summed E-state index contributed by atoms with van der Waals surface area (Å²) in [5, 5.41) is 30.9. The summed E-state index contributed by atoms with van der Waals surface area (Å²) in [6.45, 7) is 0.969. The van der Waals surface area contributed by atoms with Gasteiger partial charge in [-0.05, 0) is 97.7 Å². The van der Waals surface area contributed by atoms with Crippen LogP contribution in [0.2, 0.25) is 0 Å². The Hall–Kier alpha value is -3.36. The van der Waals surface area contributed by atoms with Gasteiger partial charge in [0.15, 0.2) is 0 Å². The van der Waals surface area contributed by atoms with Gasteiger partial charge in [-0.1, -0.05) is 18.2 Å². The molecule has 3 aliphatic rings. The maximum Gasteiger partial charge on any atom is 0.319 e. The first kappa shape index (κ1) is 24.0. The molecule has 194 valence electrons. The number of anilines is 1. The molecule has 2 amide bonds. The second-order valence-electron chi connectivity index (χ2n) is 11.3.